The van der Waals surface area contributed by atoms with Crippen molar-refractivity contribution in [2.24, 2.45) is 0 Å². The SMILES string of the molecule is Cc1cc(Nc2nc(Nc3cccc(CO)c3)nc3ccccc23)n[nH]1. The number of nitrogens with zero attached hydrogens (tertiary/aromatic N) is 3. The van der Waals surface area contributed by atoms with Crippen LogP contribution < -0.4 is 10.6 Å². The summed E-state index contributed by atoms with van der Waals surface area (Å²) in [5.74, 6) is 1.83. The molecule has 4 rings (SSSR count). The molecule has 26 heavy (non-hydrogen) atoms. The summed E-state index contributed by atoms with van der Waals surface area (Å²) in [6, 6.07) is 17.2. The van der Waals surface area contributed by atoms with Gasteiger partial charge in [0.15, 0.2) is 5.82 Å². The second kappa shape index (κ2) is 6.81. The van der Waals surface area contributed by atoms with Gasteiger partial charge in [-0.25, -0.2) is 4.98 Å². The van der Waals surface area contributed by atoms with Crippen LogP contribution in [0.3, 0.4) is 0 Å². The molecule has 0 unspecified atom stereocenters. The van der Waals surface area contributed by atoms with Crippen LogP contribution in [0.25, 0.3) is 10.9 Å². The molecule has 4 aromatic rings. The summed E-state index contributed by atoms with van der Waals surface area (Å²) < 4.78 is 0. The lowest BCUT2D eigenvalue weighted by atomic mass is 10.2. The molecule has 0 bridgehead atoms. The van der Waals surface area contributed by atoms with Crippen molar-refractivity contribution < 1.29 is 5.11 Å². The van der Waals surface area contributed by atoms with Crippen LogP contribution in [0, 0.1) is 6.92 Å². The van der Waals surface area contributed by atoms with Gasteiger partial charge < -0.3 is 15.7 Å². The Morgan fingerprint density at radius 2 is 1.88 bits per heavy atom. The van der Waals surface area contributed by atoms with Gasteiger partial charge in [-0.05, 0) is 36.8 Å². The minimum absolute atomic E-state index is 0.0145. The first-order chi connectivity index (χ1) is 12.7. The molecule has 0 aliphatic rings. The number of anilines is 4. The second-order valence-electron chi connectivity index (χ2n) is 5.96. The van der Waals surface area contributed by atoms with E-state index in [0.717, 1.165) is 27.8 Å². The molecule has 0 atom stereocenters. The van der Waals surface area contributed by atoms with Crippen LogP contribution in [0.4, 0.5) is 23.3 Å². The van der Waals surface area contributed by atoms with Gasteiger partial charge in [-0.2, -0.15) is 10.1 Å². The predicted molar refractivity (Wildman–Crippen MR) is 102 cm³/mol. The Labute approximate surface area is 150 Å². The summed E-state index contributed by atoms with van der Waals surface area (Å²) in [6.07, 6.45) is 0. The number of aromatic nitrogens is 4. The highest BCUT2D eigenvalue weighted by atomic mass is 16.3. The average Bonchev–Trinajstić information content (AvgIpc) is 3.07. The number of rotatable bonds is 5. The second-order valence-corrected chi connectivity index (χ2v) is 5.96. The lowest BCUT2D eigenvalue weighted by molar-refractivity contribution is 0.282. The van der Waals surface area contributed by atoms with Crippen LogP contribution in [0.2, 0.25) is 0 Å². The summed E-state index contributed by atoms with van der Waals surface area (Å²) in [6.45, 7) is 1.93. The third-order valence-corrected chi connectivity index (χ3v) is 3.92. The van der Waals surface area contributed by atoms with Crippen LogP contribution in [0.15, 0.2) is 54.6 Å². The summed E-state index contributed by atoms with van der Waals surface area (Å²) in [5.41, 5.74) is 3.41. The first-order valence-electron chi connectivity index (χ1n) is 8.24. The number of nitrogens with one attached hydrogen (secondary N) is 3. The molecule has 130 valence electrons. The highest BCUT2D eigenvalue weighted by Crippen LogP contribution is 2.26. The van der Waals surface area contributed by atoms with Gasteiger partial charge in [-0.15, -0.1) is 0 Å². The molecule has 0 spiro atoms. The molecular formula is C19H18N6O. The maximum atomic E-state index is 9.30. The first kappa shape index (κ1) is 16.0. The molecule has 0 radical (unpaired) electrons. The average molecular weight is 346 g/mol. The Hall–Kier alpha value is -3.45. The zero-order valence-corrected chi connectivity index (χ0v) is 14.2. The van der Waals surface area contributed by atoms with E-state index in [-0.39, 0.29) is 6.61 Å². The van der Waals surface area contributed by atoms with Gasteiger partial charge in [0, 0.05) is 22.8 Å². The largest absolute Gasteiger partial charge is 0.392 e. The Balaban J connectivity index is 1.73. The molecule has 4 N–H and O–H groups in total. The van der Waals surface area contributed by atoms with E-state index < -0.39 is 0 Å². The quantitative estimate of drug-likeness (QED) is 0.440. The minimum atomic E-state index is -0.0145. The summed E-state index contributed by atoms with van der Waals surface area (Å²) in [7, 11) is 0. The Morgan fingerprint density at radius 1 is 1.00 bits per heavy atom. The number of aliphatic hydroxyl groups excluding tert-OH is 1. The number of hydrogen-bond acceptors (Lipinski definition) is 6. The molecule has 7 heteroatoms. The van der Waals surface area contributed by atoms with E-state index in [2.05, 4.69) is 30.8 Å². The van der Waals surface area contributed by atoms with Crippen molar-refractivity contribution in [1.82, 2.24) is 20.2 Å². The standard InChI is InChI=1S/C19H18N6O/c1-12-9-17(25-24-12)22-18-15-7-2-3-8-16(15)21-19(23-18)20-14-6-4-5-13(10-14)11-26/h2-10,26H,11H2,1H3,(H3,20,21,22,23,24,25). The highest BCUT2D eigenvalue weighted by molar-refractivity contribution is 5.91. The normalized spacial score (nSPS) is 10.8. The van der Waals surface area contributed by atoms with E-state index in [9.17, 15) is 5.11 Å². The van der Waals surface area contributed by atoms with Crippen LogP contribution in [0.5, 0.6) is 0 Å². The van der Waals surface area contributed by atoms with E-state index in [1.165, 1.54) is 0 Å². The van der Waals surface area contributed by atoms with Crippen LogP contribution >= 0.6 is 0 Å². The zero-order chi connectivity index (χ0) is 17.9. The number of fused-ring (bicyclic) bond motifs is 1. The first-order valence-corrected chi connectivity index (χ1v) is 8.24. The van der Waals surface area contributed by atoms with Gasteiger partial charge in [0.2, 0.25) is 5.95 Å². The maximum absolute atomic E-state index is 9.30. The van der Waals surface area contributed by atoms with Crippen molar-refractivity contribution in [2.45, 2.75) is 13.5 Å². The van der Waals surface area contributed by atoms with Gasteiger partial charge in [0.1, 0.15) is 5.82 Å². The van der Waals surface area contributed by atoms with E-state index in [4.69, 9.17) is 0 Å². The van der Waals surface area contributed by atoms with Gasteiger partial charge in [0.05, 0.1) is 12.1 Å². The van der Waals surface area contributed by atoms with E-state index in [0.29, 0.717) is 17.6 Å². The maximum Gasteiger partial charge on any atom is 0.229 e. The van der Waals surface area contributed by atoms with Crippen molar-refractivity contribution in [3.8, 4) is 0 Å². The van der Waals surface area contributed by atoms with Gasteiger partial charge in [-0.1, -0.05) is 24.3 Å². The lowest BCUT2D eigenvalue weighted by Crippen LogP contribution is -2.02. The molecule has 2 aromatic carbocycles. The number of benzene rings is 2. The predicted octanol–water partition coefficient (Wildman–Crippen LogP) is 3.64. The summed E-state index contributed by atoms with van der Waals surface area (Å²) >= 11 is 0. The van der Waals surface area contributed by atoms with Crippen LogP contribution in [0.1, 0.15) is 11.3 Å². The molecule has 0 amide bonds. The molecule has 0 saturated heterocycles. The van der Waals surface area contributed by atoms with E-state index >= 15 is 0 Å². The number of para-hydroxylation sites is 1. The van der Waals surface area contributed by atoms with Crippen molar-refractivity contribution >= 4 is 34.2 Å². The summed E-state index contributed by atoms with van der Waals surface area (Å²) in [4.78, 5) is 9.19. The van der Waals surface area contributed by atoms with Crippen molar-refractivity contribution in [2.75, 3.05) is 10.6 Å². The minimum Gasteiger partial charge on any atom is -0.392 e. The zero-order valence-electron chi connectivity index (χ0n) is 14.2. The van der Waals surface area contributed by atoms with Crippen LogP contribution in [-0.4, -0.2) is 25.3 Å². The van der Waals surface area contributed by atoms with Gasteiger partial charge >= 0.3 is 0 Å². The van der Waals surface area contributed by atoms with Crippen LogP contribution in [-0.2, 0) is 6.61 Å². The molecule has 2 heterocycles. The fourth-order valence-electron chi connectivity index (χ4n) is 2.71. The monoisotopic (exact) mass is 346 g/mol. The Bertz CT molecular complexity index is 1060. The number of aliphatic hydroxyl groups is 1. The topological polar surface area (TPSA) is 98.8 Å². The van der Waals surface area contributed by atoms with E-state index in [1.807, 2.05) is 61.5 Å². The number of aromatic amines is 1. The number of hydrogen-bond donors (Lipinski definition) is 4. The summed E-state index contributed by atoms with van der Waals surface area (Å²) in [5, 5.41) is 23.8. The number of aryl methyl sites for hydroxylation is 1. The van der Waals surface area contributed by atoms with E-state index in [1.54, 1.807) is 0 Å². The fraction of sp³-hybridized carbons (Fsp3) is 0.105. The molecular weight excluding hydrogens is 328 g/mol. The van der Waals surface area contributed by atoms with Gasteiger partial charge in [-0.3, -0.25) is 5.10 Å². The van der Waals surface area contributed by atoms with Crippen molar-refractivity contribution in [3.05, 3.63) is 65.9 Å². The van der Waals surface area contributed by atoms with Crippen molar-refractivity contribution in [1.29, 1.82) is 0 Å². The Kier molecular flexibility index (Phi) is 4.20. The highest BCUT2D eigenvalue weighted by Gasteiger charge is 2.09. The molecule has 7 nitrogen and oxygen atoms in total. The smallest absolute Gasteiger partial charge is 0.229 e. The third kappa shape index (κ3) is 3.33. The molecule has 0 fully saturated rings. The van der Waals surface area contributed by atoms with Gasteiger partial charge in [0.25, 0.3) is 0 Å². The number of H-pyrrole nitrogens is 1. The fourth-order valence-corrected chi connectivity index (χ4v) is 2.71. The van der Waals surface area contributed by atoms with Crippen molar-refractivity contribution in [3.63, 3.8) is 0 Å². The molecule has 0 saturated carbocycles. The lowest BCUT2D eigenvalue weighted by Gasteiger charge is -2.11. The molecule has 2 aromatic heterocycles. The Morgan fingerprint density at radius 3 is 2.69 bits per heavy atom. The molecule has 0 aliphatic carbocycles. The third-order valence-electron chi connectivity index (χ3n) is 3.92. The molecule has 0 aliphatic heterocycles.